The van der Waals surface area contributed by atoms with Gasteiger partial charge in [-0.2, -0.15) is 0 Å². The second kappa shape index (κ2) is 9.95. The van der Waals surface area contributed by atoms with Crippen LogP contribution in [-0.2, 0) is 9.53 Å². The number of anilines is 1. The van der Waals surface area contributed by atoms with Gasteiger partial charge in [0.05, 0.1) is 19.6 Å². The van der Waals surface area contributed by atoms with Gasteiger partial charge in [-0.15, -0.1) is 0 Å². The van der Waals surface area contributed by atoms with Crippen molar-refractivity contribution in [1.82, 2.24) is 5.32 Å². The maximum absolute atomic E-state index is 11.8. The molecule has 0 unspecified atom stereocenters. The summed E-state index contributed by atoms with van der Waals surface area (Å²) in [5.41, 5.74) is 1.71. The second-order valence-corrected chi connectivity index (χ2v) is 5.04. The van der Waals surface area contributed by atoms with Crippen molar-refractivity contribution in [3.63, 3.8) is 0 Å². The molecule has 22 heavy (non-hydrogen) atoms. The zero-order valence-electron chi connectivity index (χ0n) is 13.7. The van der Waals surface area contributed by atoms with E-state index in [0.717, 1.165) is 18.7 Å². The molecule has 5 nitrogen and oxygen atoms in total. The summed E-state index contributed by atoms with van der Waals surface area (Å²) in [4.78, 5) is 25.4. The van der Waals surface area contributed by atoms with Gasteiger partial charge in [0.2, 0.25) is 0 Å². The fraction of sp³-hybridized carbons (Fsp3) is 0.529. The van der Waals surface area contributed by atoms with Crippen molar-refractivity contribution < 1.29 is 14.3 Å². The lowest BCUT2D eigenvalue weighted by Crippen LogP contribution is -2.27. The van der Waals surface area contributed by atoms with Crippen LogP contribution in [0.2, 0.25) is 0 Å². The maximum atomic E-state index is 11.8. The molecule has 5 heteroatoms. The van der Waals surface area contributed by atoms with E-state index in [2.05, 4.69) is 17.1 Å². The lowest BCUT2D eigenvalue weighted by atomic mass is 10.1. The van der Waals surface area contributed by atoms with E-state index >= 15 is 0 Å². The smallest absolute Gasteiger partial charge is 0.307 e. The lowest BCUT2D eigenvalue weighted by molar-refractivity contribution is -0.142. The third-order valence-corrected chi connectivity index (χ3v) is 3.28. The molecule has 0 aliphatic heterocycles. The minimum absolute atomic E-state index is 0.0719. The van der Waals surface area contributed by atoms with E-state index in [1.165, 1.54) is 0 Å². The van der Waals surface area contributed by atoms with Crippen LogP contribution in [-0.4, -0.2) is 45.0 Å². The first-order chi connectivity index (χ1) is 10.6. The van der Waals surface area contributed by atoms with Crippen LogP contribution in [0.25, 0.3) is 0 Å². The van der Waals surface area contributed by atoms with Gasteiger partial charge >= 0.3 is 5.97 Å². The molecule has 1 aromatic carbocycles. The molecule has 0 aliphatic carbocycles. The summed E-state index contributed by atoms with van der Waals surface area (Å²) in [6, 6.07) is 7.54. The Morgan fingerprint density at radius 3 is 2.36 bits per heavy atom. The first kappa shape index (κ1) is 18.2. The number of ketones is 1. The fourth-order valence-corrected chi connectivity index (χ4v) is 2.22. The van der Waals surface area contributed by atoms with Crippen molar-refractivity contribution in [2.24, 2.45) is 0 Å². The van der Waals surface area contributed by atoms with Crippen molar-refractivity contribution in [3.8, 4) is 0 Å². The zero-order chi connectivity index (χ0) is 16.4. The van der Waals surface area contributed by atoms with Crippen molar-refractivity contribution >= 4 is 17.4 Å². The van der Waals surface area contributed by atoms with Gasteiger partial charge in [-0.1, -0.05) is 6.92 Å². The van der Waals surface area contributed by atoms with Crippen molar-refractivity contribution in [2.45, 2.75) is 26.7 Å². The summed E-state index contributed by atoms with van der Waals surface area (Å²) in [6.45, 7) is 6.14. The van der Waals surface area contributed by atoms with Crippen LogP contribution in [0.1, 0.15) is 37.0 Å². The van der Waals surface area contributed by atoms with E-state index in [0.29, 0.717) is 31.7 Å². The van der Waals surface area contributed by atoms with E-state index in [-0.39, 0.29) is 11.8 Å². The van der Waals surface area contributed by atoms with Crippen LogP contribution in [0.5, 0.6) is 0 Å². The van der Waals surface area contributed by atoms with E-state index in [4.69, 9.17) is 4.74 Å². The molecule has 0 bridgehead atoms. The summed E-state index contributed by atoms with van der Waals surface area (Å²) in [7, 11) is 1.75. The highest BCUT2D eigenvalue weighted by molar-refractivity contribution is 5.97. The van der Waals surface area contributed by atoms with Gasteiger partial charge in [-0.25, -0.2) is 0 Å². The van der Waals surface area contributed by atoms with Gasteiger partial charge < -0.3 is 15.0 Å². The molecular formula is C17H26N2O3. The Morgan fingerprint density at radius 2 is 1.82 bits per heavy atom. The molecule has 0 heterocycles. The molecule has 1 aromatic rings. The van der Waals surface area contributed by atoms with Gasteiger partial charge in [0.25, 0.3) is 0 Å². The number of ether oxygens (including phenoxy) is 1. The van der Waals surface area contributed by atoms with Crippen LogP contribution in [0.4, 0.5) is 5.69 Å². The van der Waals surface area contributed by atoms with Crippen LogP contribution >= 0.6 is 0 Å². The predicted molar refractivity (Wildman–Crippen MR) is 88.5 cm³/mol. The van der Waals surface area contributed by atoms with Crippen LogP contribution in [0, 0.1) is 0 Å². The molecule has 0 atom stereocenters. The van der Waals surface area contributed by atoms with Gasteiger partial charge in [0.1, 0.15) is 0 Å². The van der Waals surface area contributed by atoms with Gasteiger partial charge in [0, 0.05) is 24.3 Å². The average Bonchev–Trinajstić information content (AvgIpc) is 2.52. The first-order valence-corrected chi connectivity index (χ1v) is 7.80. The molecule has 0 amide bonds. The van der Waals surface area contributed by atoms with Crippen molar-refractivity contribution in [1.29, 1.82) is 0 Å². The van der Waals surface area contributed by atoms with Crippen molar-refractivity contribution in [2.75, 3.05) is 38.2 Å². The maximum Gasteiger partial charge on any atom is 0.307 e. The number of likely N-dealkylation sites (N-methyl/N-ethyl adjacent to an activating group) is 1. The molecule has 0 saturated heterocycles. The van der Waals surface area contributed by atoms with E-state index < -0.39 is 0 Å². The molecule has 0 aliphatic rings. The quantitative estimate of drug-likeness (QED) is 0.531. The Labute approximate surface area is 132 Å². The second-order valence-electron chi connectivity index (χ2n) is 5.04. The molecule has 0 spiro atoms. The number of Topliss-reactive ketones (excluding diaryl/α,β-unsaturated/α-hetero) is 1. The number of carbonyl (C=O) groups is 2. The molecule has 122 valence electrons. The van der Waals surface area contributed by atoms with Gasteiger partial charge in [-0.3, -0.25) is 9.59 Å². The SMILES string of the molecule is CCCN(CCC(=O)OCC)c1ccc(C(=O)CNC)cc1. The highest BCUT2D eigenvalue weighted by Crippen LogP contribution is 2.16. The topological polar surface area (TPSA) is 58.6 Å². The van der Waals surface area contributed by atoms with E-state index in [1.807, 2.05) is 31.2 Å². The first-order valence-electron chi connectivity index (χ1n) is 7.80. The van der Waals surface area contributed by atoms with Crippen molar-refractivity contribution in [3.05, 3.63) is 29.8 Å². The number of hydrogen-bond acceptors (Lipinski definition) is 5. The zero-order valence-corrected chi connectivity index (χ0v) is 13.7. The molecule has 0 aromatic heterocycles. The summed E-state index contributed by atoms with van der Waals surface area (Å²) in [5.74, 6) is -0.105. The number of carbonyl (C=O) groups excluding carboxylic acids is 2. The monoisotopic (exact) mass is 306 g/mol. The predicted octanol–water partition coefficient (Wildman–Crippen LogP) is 2.26. The molecule has 0 fully saturated rings. The number of nitrogens with one attached hydrogen (secondary N) is 1. The highest BCUT2D eigenvalue weighted by atomic mass is 16.5. The third-order valence-electron chi connectivity index (χ3n) is 3.28. The fourth-order valence-electron chi connectivity index (χ4n) is 2.22. The van der Waals surface area contributed by atoms with Gasteiger partial charge in [-0.05, 0) is 44.7 Å². The summed E-state index contributed by atoms with van der Waals surface area (Å²) in [5, 5.41) is 2.86. The Hall–Kier alpha value is -1.88. The number of rotatable bonds is 10. The van der Waals surface area contributed by atoms with Crippen LogP contribution < -0.4 is 10.2 Å². The molecule has 0 saturated carbocycles. The standard InChI is InChI=1S/C17H26N2O3/c1-4-11-19(12-10-17(21)22-5-2)15-8-6-14(7-9-15)16(20)13-18-3/h6-9,18H,4-5,10-13H2,1-3H3. The normalized spacial score (nSPS) is 10.3. The summed E-state index contributed by atoms with van der Waals surface area (Å²) >= 11 is 0. The number of esters is 1. The molecular weight excluding hydrogens is 280 g/mol. The van der Waals surface area contributed by atoms with E-state index in [1.54, 1.807) is 7.05 Å². The number of nitrogens with zero attached hydrogens (tertiary/aromatic N) is 1. The average molecular weight is 306 g/mol. The number of hydrogen-bond donors (Lipinski definition) is 1. The Balaban J connectivity index is 2.70. The Morgan fingerprint density at radius 1 is 1.14 bits per heavy atom. The Kier molecular flexibility index (Phi) is 8.22. The van der Waals surface area contributed by atoms with Crippen LogP contribution in [0.15, 0.2) is 24.3 Å². The summed E-state index contributed by atoms with van der Waals surface area (Å²) < 4.78 is 4.97. The largest absolute Gasteiger partial charge is 0.466 e. The lowest BCUT2D eigenvalue weighted by Gasteiger charge is -2.24. The third kappa shape index (κ3) is 5.85. The van der Waals surface area contributed by atoms with Gasteiger partial charge in [0.15, 0.2) is 5.78 Å². The van der Waals surface area contributed by atoms with E-state index in [9.17, 15) is 9.59 Å². The molecule has 0 radical (unpaired) electrons. The minimum atomic E-state index is -0.176. The minimum Gasteiger partial charge on any atom is -0.466 e. The summed E-state index contributed by atoms with van der Waals surface area (Å²) in [6.07, 6.45) is 1.36. The molecule has 1 rings (SSSR count). The number of benzene rings is 1. The molecule has 1 N–H and O–H groups in total. The van der Waals surface area contributed by atoms with Crippen LogP contribution in [0.3, 0.4) is 0 Å². The highest BCUT2D eigenvalue weighted by Gasteiger charge is 2.10. The Bertz CT molecular complexity index is 471.